The van der Waals surface area contributed by atoms with Crippen molar-refractivity contribution in [2.75, 3.05) is 0 Å². The number of thiophene rings is 1. The predicted molar refractivity (Wildman–Crippen MR) is 86.9 cm³/mol. The lowest BCUT2D eigenvalue weighted by Crippen LogP contribution is -1.89. The van der Waals surface area contributed by atoms with Crippen LogP contribution in [0.1, 0.15) is 14.7 Å². The number of benzene rings is 1. The van der Waals surface area contributed by atoms with Crippen LogP contribution in [0, 0.1) is 0 Å². The highest BCUT2D eigenvalue weighted by Crippen LogP contribution is 2.25. The summed E-state index contributed by atoms with van der Waals surface area (Å²) in [6.07, 6.45) is 3.12. The van der Waals surface area contributed by atoms with Gasteiger partial charge in [-0.15, -0.1) is 22.7 Å². The van der Waals surface area contributed by atoms with Crippen LogP contribution in [0.5, 0.6) is 5.75 Å². The quantitative estimate of drug-likeness (QED) is 0.571. The van der Waals surface area contributed by atoms with E-state index in [1.807, 2.05) is 35.7 Å². The topological polar surface area (TPSA) is 50.2 Å². The molecule has 5 heteroatoms. The zero-order valence-corrected chi connectivity index (χ0v) is 12.5. The van der Waals surface area contributed by atoms with Gasteiger partial charge in [0.1, 0.15) is 15.6 Å². The predicted octanol–water partition coefficient (Wildman–Crippen LogP) is 4.47. The molecule has 3 nitrogen and oxygen atoms in total. The first-order chi connectivity index (χ1) is 10.2. The fourth-order valence-corrected chi connectivity index (χ4v) is 3.24. The summed E-state index contributed by atoms with van der Waals surface area (Å²) in [5, 5.41) is 13.9. The Kier molecular flexibility index (Phi) is 3.94. The number of hydrogen-bond acceptors (Lipinski definition) is 5. The van der Waals surface area contributed by atoms with Crippen LogP contribution < -0.4 is 0 Å². The van der Waals surface area contributed by atoms with E-state index in [1.165, 1.54) is 34.8 Å². The zero-order valence-electron chi connectivity index (χ0n) is 10.9. The summed E-state index contributed by atoms with van der Waals surface area (Å²) >= 11 is 2.71. The van der Waals surface area contributed by atoms with Crippen LogP contribution in [0.15, 0.2) is 53.2 Å². The summed E-state index contributed by atoms with van der Waals surface area (Å²) in [6.45, 7) is 0. The fourth-order valence-electron chi connectivity index (χ4n) is 1.82. The van der Waals surface area contributed by atoms with Gasteiger partial charge in [-0.2, -0.15) is 0 Å². The van der Waals surface area contributed by atoms with Crippen molar-refractivity contribution < 1.29 is 9.90 Å². The third-order valence-electron chi connectivity index (χ3n) is 2.84. The van der Waals surface area contributed by atoms with E-state index in [-0.39, 0.29) is 11.5 Å². The van der Waals surface area contributed by atoms with E-state index in [9.17, 15) is 9.90 Å². The second kappa shape index (κ2) is 6.03. The van der Waals surface area contributed by atoms with Crippen molar-refractivity contribution in [3.05, 3.63) is 63.1 Å². The number of allylic oxidation sites excluding steroid dienone is 1. The van der Waals surface area contributed by atoms with E-state index >= 15 is 0 Å². The van der Waals surface area contributed by atoms with Crippen molar-refractivity contribution in [2.24, 2.45) is 0 Å². The number of hydrogen-bond donors (Lipinski definition) is 1. The van der Waals surface area contributed by atoms with Crippen LogP contribution in [0.3, 0.4) is 0 Å². The van der Waals surface area contributed by atoms with E-state index in [2.05, 4.69) is 4.98 Å². The maximum atomic E-state index is 11.9. The minimum atomic E-state index is -0.209. The van der Waals surface area contributed by atoms with Gasteiger partial charge < -0.3 is 5.11 Å². The number of carbonyl (C=O) groups is 1. The normalized spacial score (nSPS) is 11.0. The Morgan fingerprint density at radius 3 is 2.67 bits per heavy atom. The van der Waals surface area contributed by atoms with Crippen LogP contribution in [-0.4, -0.2) is 15.9 Å². The number of nitrogens with zero attached hydrogens (tertiary/aromatic N) is 1. The van der Waals surface area contributed by atoms with Gasteiger partial charge in [0.05, 0.1) is 5.69 Å². The molecular weight excluding hydrogens is 302 g/mol. The summed E-state index contributed by atoms with van der Waals surface area (Å²) in [5.41, 5.74) is 1.95. The summed E-state index contributed by atoms with van der Waals surface area (Å²) in [7, 11) is 0. The molecule has 0 bridgehead atoms. The molecule has 0 aliphatic rings. The molecular formula is C16H11NO2S2. The van der Waals surface area contributed by atoms with E-state index in [0.717, 1.165) is 16.3 Å². The maximum absolute atomic E-state index is 11.9. The number of ketones is 1. The van der Waals surface area contributed by atoms with Gasteiger partial charge in [-0.3, -0.25) is 4.79 Å². The molecule has 0 amide bonds. The number of aromatic nitrogens is 1. The molecule has 0 spiro atoms. The van der Waals surface area contributed by atoms with Crippen LogP contribution in [0.25, 0.3) is 17.3 Å². The van der Waals surface area contributed by atoms with E-state index < -0.39 is 0 Å². The molecule has 0 saturated heterocycles. The van der Waals surface area contributed by atoms with Crippen molar-refractivity contribution in [3.63, 3.8) is 0 Å². The average Bonchev–Trinajstić information content (AvgIpc) is 3.15. The lowest BCUT2D eigenvalue weighted by Gasteiger charge is -1.93. The number of carbonyl (C=O) groups excluding carboxylic acids is 1. The maximum Gasteiger partial charge on any atom is 0.199 e. The van der Waals surface area contributed by atoms with E-state index in [0.29, 0.717) is 4.88 Å². The van der Waals surface area contributed by atoms with Crippen molar-refractivity contribution in [1.29, 1.82) is 0 Å². The molecule has 21 heavy (non-hydrogen) atoms. The van der Waals surface area contributed by atoms with Gasteiger partial charge in [0.2, 0.25) is 0 Å². The SMILES string of the molecule is O=C(C=Cc1nc(-c2ccccc2)cs1)c1sccc1O. The standard InChI is InChI=1S/C16H11NO2S2/c18-13(16-14(19)8-9-20-16)6-7-15-17-12(10-21-15)11-4-2-1-3-5-11/h1-10,19H. The highest BCUT2D eigenvalue weighted by atomic mass is 32.1. The van der Waals surface area contributed by atoms with Crippen LogP contribution >= 0.6 is 22.7 Å². The molecule has 2 aromatic heterocycles. The Balaban J connectivity index is 1.77. The molecule has 2 heterocycles. The average molecular weight is 313 g/mol. The zero-order chi connectivity index (χ0) is 14.7. The van der Waals surface area contributed by atoms with Crippen molar-refractivity contribution in [1.82, 2.24) is 4.98 Å². The van der Waals surface area contributed by atoms with Gasteiger partial charge in [0.15, 0.2) is 5.78 Å². The van der Waals surface area contributed by atoms with Gasteiger partial charge in [-0.1, -0.05) is 30.3 Å². The van der Waals surface area contributed by atoms with Gasteiger partial charge in [0, 0.05) is 10.9 Å². The molecule has 0 unspecified atom stereocenters. The fraction of sp³-hybridized carbons (Fsp3) is 0. The monoisotopic (exact) mass is 313 g/mol. The molecule has 0 fully saturated rings. The van der Waals surface area contributed by atoms with Crippen LogP contribution in [0.4, 0.5) is 0 Å². The first-order valence-corrected chi connectivity index (χ1v) is 8.00. The smallest absolute Gasteiger partial charge is 0.199 e. The summed E-state index contributed by atoms with van der Waals surface area (Å²) < 4.78 is 0. The Morgan fingerprint density at radius 1 is 1.14 bits per heavy atom. The first kappa shape index (κ1) is 13.7. The Labute approximate surface area is 129 Å². The number of thiazole rings is 1. The van der Waals surface area contributed by atoms with E-state index in [4.69, 9.17) is 0 Å². The van der Waals surface area contributed by atoms with Gasteiger partial charge in [-0.25, -0.2) is 4.98 Å². The second-order valence-corrected chi connectivity index (χ2v) is 6.08. The second-order valence-electron chi connectivity index (χ2n) is 4.27. The molecule has 0 aliphatic heterocycles. The molecule has 3 rings (SSSR count). The third-order valence-corrected chi connectivity index (χ3v) is 4.57. The van der Waals surface area contributed by atoms with Crippen molar-refractivity contribution in [2.45, 2.75) is 0 Å². The van der Waals surface area contributed by atoms with Gasteiger partial charge in [0.25, 0.3) is 0 Å². The highest BCUT2D eigenvalue weighted by Gasteiger charge is 2.09. The third kappa shape index (κ3) is 3.09. The molecule has 0 aliphatic carbocycles. The molecule has 1 N–H and O–H groups in total. The lowest BCUT2D eigenvalue weighted by atomic mass is 10.2. The summed E-state index contributed by atoms with van der Waals surface area (Å²) in [5.74, 6) is -0.183. The minimum Gasteiger partial charge on any atom is -0.506 e. The Morgan fingerprint density at radius 2 is 1.95 bits per heavy atom. The van der Waals surface area contributed by atoms with E-state index in [1.54, 1.807) is 11.5 Å². The largest absolute Gasteiger partial charge is 0.506 e. The highest BCUT2D eigenvalue weighted by molar-refractivity contribution is 7.12. The molecule has 104 valence electrons. The Bertz CT molecular complexity index is 787. The lowest BCUT2D eigenvalue weighted by molar-refractivity contribution is 0.104. The Hall–Kier alpha value is -2.24. The first-order valence-electron chi connectivity index (χ1n) is 6.24. The minimum absolute atomic E-state index is 0.0266. The summed E-state index contributed by atoms with van der Waals surface area (Å²) in [4.78, 5) is 16.7. The number of aromatic hydroxyl groups is 1. The van der Waals surface area contributed by atoms with Crippen LogP contribution in [0.2, 0.25) is 0 Å². The molecule has 0 atom stereocenters. The van der Waals surface area contributed by atoms with Crippen molar-refractivity contribution in [3.8, 4) is 17.0 Å². The summed E-state index contributed by atoms with van der Waals surface area (Å²) in [6, 6.07) is 11.4. The molecule has 1 aromatic carbocycles. The van der Waals surface area contributed by atoms with Crippen LogP contribution in [-0.2, 0) is 0 Å². The number of rotatable bonds is 4. The molecule has 0 saturated carbocycles. The van der Waals surface area contributed by atoms with Crippen molar-refractivity contribution >= 4 is 34.5 Å². The van der Waals surface area contributed by atoms with Gasteiger partial charge >= 0.3 is 0 Å². The van der Waals surface area contributed by atoms with Gasteiger partial charge in [-0.05, 0) is 23.6 Å². The molecule has 0 radical (unpaired) electrons. The molecule has 3 aromatic rings.